The van der Waals surface area contributed by atoms with Crippen molar-refractivity contribution in [3.8, 4) is 11.5 Å². The SMILES string of the molecule is NC(=O)CNS(=O)(=O)c1ccc(C(=O)N2CCCC2c2ccc3c(c2)OCCO3)cc1. The van der Waals surface area contributed by atoms with E-state index >= 15 is 0 Å². The van der Waals surface area contributed by atoms with E-state index in [0.717, 1.165) is 18.4 Å². The van der Waals surface area contributed by atoms with Gasteiger partial charge in [0.1, 0.15) is 13.2 Å². The van der Waals surface area contributed by atoms with Gasteiger partial charge in [-0.15, -0.1) is 0 Å². The number of carbonyl (C=O) groups is 2. The maximum absolute atomic E-state index is 13.1. The number of rotatable bonds is 6. The van der Waals surface area contributed by atoms with E-state index in [0.29, 0.717) is 36.8 Å². The number of benzene rings is 2. The van der Waals surface area contributed by atoms with E-state index in [1.54, 1.807) is 4.90 Å². The van der Waals surface area contributed by atoms with E-state index in [2.05, 4.69) is 4.72 Å². The maximum Gasteiger partial charge on any atom is 0.254 e. The number of nitrogens with two attached hydrogens (primary N) is 1. The number of hydrogen-bond donors (Lipinski definition) is 2. The smallest absolute Gasteiger partial charge is 0.254 e. The number of ether oxygens (including phenoxy) is 2. The van der Waals surface area contributed by atoms with Crippen LogP contribution in [0.15, 0.2) is 47.4 Å². The van der Waals surface area contributed by atoms with Gasteiger partial charge in [0.2, 0.25) is 15.9 Å². The number of fused-ring (bicyclic) bond motifs is 1. The molecule has 2 aromatic rings. The van der Waals surface area contributed by atoms with Gasteiger partial charge in [-0.1, -0.05) is 6.07 Å². The lowest BCUT2D eigenvalue weighted by Gasteiger charge is -2.27. The summed E-state index contributed by atoms with van der Waals surface area (Å²) < 4.78 is 37.7. The van der Waals surface area contributed by atoms with Gasteiger partial charge in [-0.25, -0.2) is 13.1 Å². The van der Waals surface area contributed by atoms with Crippen molar-refractivity contribution >= 4 is 21.8 Å². The van der Waals surface area contributed by atoms with Crippen molar-refractivity contribution in [2.45, 2.75) is 23.8 Å². The average molecular weight is 445 g/mol. The second kappa shape index (κ2) is 8.56. The Bertz CT molecular complexity index is 1100. The largest absolute Gasteiger partial charge is 0.486 e. The molecule has 2 heterocycles. The van der Waals surface area contributed by atoms with Crippen LogP contribution in [0.3, 0.4) is 0 Å². The average Bonchev–Trinajstić information content (AvgIpc) is 3.27. The monoisotopic (exact) mass is 445 g/mol. The van der Waals surface area contributed by atoms with Crippen LogP contribution in [-0.2, 0) is 14.8 Å². The van der Waals surface area contributed by atoms with Crippen LogP contribution in [0.4, 0.5) is 0 Å². The highest BCUT2D eigenvalue weighted by atomic mass is 32.2. The van der Waals surface area contributed by atoms with Gasteiger partial charge in [0.15, 0.2) is 11.5 Å². The molecule has 1 unspecified atom stereocenters. The van der Waals surface area contributed by atoms with Gasteiger partial charge in [-0.3, -0.25) is 9.59 Å². The summed E-state index contributed by atoms with van der Waals surface area (Å²) in [7, 11) is -3.88. The van der Waals surface area contributed by atoms with Gasteiger partial charge in [0.05, 0.1) is 17.5 Å². The molecular weight excluding hydrogens is 422 g/mol. The molecule has 1 fully saturated rings. The molecule has 0 radical (unpaired) electrons. The molecule has 4 rings (SSSR count). The fourth-order valence-electron chi connectivity index (χ4n) is 3.82. The predicted molar refractivity (Wildman–Crippen MR) is 111 cm³/mol. The van der Waals surface area contributed by atoms with Crippen LogP contribution in [0, 0.1) is 0 Å². The minimum Gasteiger partial charge on any atom is -0.486 e. The summed E-state index contributed by atoms with van der Waals surface area (Å²) in [5.41, 5.74) is 6.34. The molecule has 2 amide bonds. The molecule has 164 valence electrons. The van der Waals surface area contributed by atoms with Crippen molar-refractivity contribution in [1.82, 2.24) is 9.62 Å². The molecule has 1 atom stereocenters. The molecule has 10 heteroatoms. The van der Waals surface area contributed by atoms with Crippen LogP contribution in [-0.4, -0.2) is 51.4 Å². The molecule has 0 aromatic heterocycles. The molecule has 2 aromatic carbocycles. The van der Waals surface area contributed by atoms with Crippen LogP contribution >= 0.6 is 0 Å². The van der Waals surface area contributed by atoms with Crippen molar-refractivity contribution in [1.29, 1.82) is 0 Å². The van der Waals surface area contributed by atoms with Gasteiger partial charge in [-0.2, -0.15) is 0 Å². The van der Waals surface area contributed by atoms with Gasteiger partial charge in [0.25, 0.3) is 5.91 Å². The molecule has 1 saturated heterocycles. The third-order valence-electron chi connectivity index (χ3n) is 5.31. The van der Waals surface area contributed by atoms with Crippen LogP contribution < -0.4 is 19.9 Å². The number of nitrogens with one attached hydrogen (secondary N) is 1. The summed E-state index contributed by atoms with van der Waals surface area (Å²) >= 11 is 0. The van der Waals surface area contributed by atoms with E-state index < -0.39 is 22.5 Å². The molecule has 0 spiro atoms. The summed E-state index contributed by atoms with van der Waals surface area (Å²) in [4.78, 5) is 25.7. The molecule has 31 heavy (non-hydrogen) atoms. The van der Waals surface area contributed by atoms with E-state index in [9.17, 15) is 18.0 Å². The highest BCUT2D eigenvalue weighted by Crippen LogP contribution is 2.38. The molecule has 3 N–H and O–H groups in total. The lowest BCUT2D eigenvalue weighted by atomic mass is 10.0. The second-order valence-corrected chi connectivity index (χ2v) is 9.14. The number of carbonyl (C=O) groups excluding carboxylic acids is 2. The highest BCUT2D eigenvalue weighted by Gasteiger charge is 2.31. The maximum atomic E-state index is 13.1. The summed E-state index contributed by atoms with van der Waals surface area (Å²) in [5, 5.41) is 0. The Morgan fingerprint density at radius 1 is 1.06 bits per heavy atom. The molecule has 0 saturated carbocycles. The Hall–Kier alpha value is -3.11. The Morgan fingerprint density at radius 2 is 1.77 bits per heavy atom. The van der Waals surface area contributed by atoms with Crippen LogP contribution in [0.2, 0.25) is 0 Å². The quantitative estimate of drug-likeness (QED) is 0.688. The van der Waals surface area contributed by atoms with Gasteiger partial charge in [0, 0.05) is 12.1 Å². The Balaban J connectivity index is 1.51. The topological polar surface area (TPSA) is 128 Å². The first-order valence-electron chi connectivity index (χ1n) is 9.94. The standard InChI is InChI=1S/C21H23N3O6S/c22-20(25)13-23-31(27,28)16-6-3-14(4-7-16)21(26)24-9-1-2-17(24)15-5-8-18-19(12-15)30-11-10-29-18/h3-8,12,17,23H,1-2,9-11,13H2,(H2,22,25). The van der Waals surface area contributed by atoms with E-state index in [1.165, 1.54) is 24.3 Å². The number of likely N-dealkylation sites (tertiary alicyclic amines) is 1. The van der Waals surface area contributed by atoms with Crippen LogP contribution in [0.5, 0.6) is 11.5 Å². The number of hydrogen-bond acceptors (Lipinski definition) is 6. The van der Waals surface area contributed by atoms with E-state index in [-0.39, 0.29) is 16.8 Å². The first-order chi connectivity index (χ1) is 14.8. The minimum atomic E-state index is -3.88. The summed E-state index contributed by atoms with van der Waals surface area (Å²) in [6, 6.07) is 11.3. The van der Waals surface area contributed by atoms with Crippen LogP contribution in [0.25, 0.3) is 0 Å². The molecular formula is C21H23N3O6S. The number of amides is 2. The van der Waals surface area contributed by atoms with Crippen molar-refractivity contribution in [2.24, 2.45) is 5.73 Å². The first-order valence-corrected chi connectivity index (χ1v) is 11.4. The molecule has 2 aliphatic heterocycles. The van der Waals surface area contributed by atoms with Gasteiger partial charge >= 0.3 is 0 Å². The Morgan fingerprint density at radius 3 is 2.48 bits per heavy atom. The summed E-state index contributed by atoms with van der Waals surface area (Å²) in [5.74, 6) is 0.426. The summed E-state index contributed by atoms with van der Waals surface area (Å²) in [6.07, 6.45) is 1.70. The van der Waals surface area contributed by atoms with Crippen molar-refractivity contribution in [2.75, 3.05) is 26.3 Å². The Kier molecular flexibility index (Phi) is 5.84. The summed E-state index contributed by atoms with van der Waals surface area (Å²) in [6.45, 7) is 1.13. The fourth-order valence-corrected chi connectivity index (χ4v) is 4.81. The van der Waals surface area contributed by atoms with Gasteiger partial charge < -0.3 is 20.1 Å². The number of nitrogens with zero attached hydrogens (tertiary/aromatic N) is 1. The molecule has 0 aliphatic carbocycles. The zero-order chi connectivity index (χ0) is 22.0. The number of sulfonamides is 1. The zero-order valence-electron chi connectivity index (χ0n) is 16.7. The van der Waals surface area contributed by atoms with Crippen molar-refractivity contribution < 1.29 is 27.5 Å². The van der Waals surface area contributed by atoms with Gasteiger partial charge in [-0.05, 0) is 54.8 Å². The van der Waals surface area contributed by atoms with E-state index in [4.69, 9.17) is 15.2 Å². The molecule has 0 bridgehead atoms. The highest BCUT2D eigenvalue weighted by molar-refractivity contribution is 7.89. The van der Waals surface area contributed by atoms with Crippen molar-refractivity contribution in [3.63, 3.8) is 0 Å². The lowest BCUT2D eigenvalue weighted by Crippen LogP contribution is -2.33. The first kappa shape index (κ1) is 21.1. The zero-order valence-corrected chi connectivity index (χ0v) is 17.6. The normalized spacial score (nSPS) is 18.1. The second-order valence-electron chi connectivity index (χ2n) is 7.37. The Labute approximate surface area is 180 Å². The third kappa shape index (κ3) is 4.49. The number of primary amides is 1. The molecule has 9 nitrogen and oxygen atoms in total. The van der Waals surface area contributed by atoms with Crippen molar-refractivity contribution in [3.05, 3.63) is 53.6 Å². The lowest BCUT2D eigenvalue weighted by molar-refractivity contribution is -0.116. The van der Waals surface area contributed by atoms with E-state index in [1.807, 2.05) is 18.2 Å². The molecule has 2 aliphatic rings. The fraction of sp³-hybridized carbons (Fsp3) is 0.333. The minimum absolute atomic E-state index is 0.0462. The third-order valence-corrected chi connectivity index (χ3v) is 6.73. The van der Waals surface area contributed by atoms with Crippen LogP contribution in [0.1, 0.15) is 34.8 Å². The predicted octanol–water partition coefficient (Wildman–Crippen LogP) is 1.20.